The number of carbonyl (C=O) groups excluding carboxylic acids is 1. The average Bonchev–Trinajstić information content (AvgIpc) is 3.10. The lowest BCUT2D eigenvalue weighted by molar-refractivity contribution is -0.185. The van der Waals surface area contributed by atoms with Gasteiger partial charge < -0.3 is 5.32 Å². The first-order chi connectivity index (χ1) is 10.9. The van der Waals surface area contributed by atoms with Crippen LogP contribution in [0, 0.1) is 0 Å². The van der Waals surface area contributed by atoms with E-state index in [1.165, 1.54) is 4.90 Å². The van der Waals surface area contributed by atoms with Crippen molar-refractivity contribution in [2.75, 3.05) is 0 Å². The van der Waals surface area contributed by atoms with Crippen LogP contribution in [-0.4, -0.2) is 51.2 Å². The van der Waals surface area contributed by atoms with Gasteiger partial charge in [0.1, 0.15) is 6.29 Å². The van der Waals surface area contributed by atoms with Crippen LogP contribution in [0.15, 0.2) is 12.4 Å². The van der Waals surface area contributed by atoms with Crippen LogP contribution >= 0.6 is 0 Å². The molecule has 5 unspecified atom stereocenters. The number of carbonyl (C=O) groups is 1. The molecule has 2 aliphatic heterocycles. The minimum atomic E-state index is -4.56. The maximum Gasteiger partial charge on any atom is 0.413 e. The fraction of sp³-hybridized carbons (Fsp3) is 0.714. The molecule has 2 saturated heterocycles. The summed E-state index contributed by atoms with van der Waals surface area (Å²) in [6, 6.07) is -2.46. The third-order valence-electron chi connectivity index (χ3n) is 5.18. The summed E-state index contributed by atoms with van der Waals surface area (Å²) in [6.45, 7) is 0. The van der Waals surface area contributed by atoms with Gasteiger partial charge in [0.15, 0.2) is 6.04 Å². The van der Waals surface area contributed by atoms with E-state index in [0.717, 1.165) is 18.4 Å². The second kappa shape index (κ2) is 4.94. The summed E-state index contributed by atoms with van der Waals surface area (Å²) in [4.78, 5) is 13.0. The van der Waals surface area contributed by atoms with Gasteiger partial charge in [-0.3, -0.25) is 14.8 Å². The lowest BCUT2D eigenvalue weighted by Gasteiger charge is -2.37. The highest BCUT2D eigenvalue weighted by Crippen LogP contribution is 2.43. The highest BCUT2D eigenvalue weighted by Gasteiger charge is 2.62. The first kappa shape index (κ1) is 14.9. The Bertz CT molecular complexity index is 630. The van der Waals surface area contributed by atoms with Gasteiger partial charge in [-0.25, -0.2) is 4.90 Å². The summed E-state index contributed by atoms with van der Waals surface area (Å²) >= 11 is 0. The van der Waals surface area contributed by atoms with Crippen molar-refractivity contribution in [3.8, 4) is 0 Å². The summed E-state index contributed by atoms with van der Waals surface area (Å²) in [6.07, 6.45) is 0.801. The van der Waals surface area contributed by atoms with Gasteiger partial charge in [-0.05, 0) is 18.4 Å². The smallest absolute Gasteiger partial charge is 0.326 e. The van der Waals surface area contributed by atoms with Gasteiger partial charge in [-0.2, -0.15) is 18.3 Å². The number of amides is 1. The molecule has 1 aromatic rings. The normalized spacial score (nSPS) is 37.6. The molecular weight excluding hydrogens is 311 g/mol. The Morgan fingerprint density at radius 1 is 1.35 bits per heavy atom. The van der Waals surface area contributed by atoms with Crippen LogP contribution in [-0.2, 0) is 11.8 Å². The van der Waals surface area contributed by atoms with E-state index in [9.17, 15) is 18.0 Å². The topological polar surface area (TPSA) is 62.2 Å². The molecule has 1 amide bonds. The molecule has 23 heavy (non-hydrogen) atoms. The van der Waals surface area contributed by atoms with Gasteiger partial charge in [0, 0.05) is 31.2 Å². The molecule has 2 N–H and O–H groups in total. The molecule has 0 bridgehead atoms. The Hall–Kier alpha value is -1.61. The molecule has 6 nitrogen and oxygen atoms in total. The zero-order valence-electron chi connectivity index (χ0n) is 12.5. The third kappa shape index (κ3) is 2.25. The van der Waals surface area contributed by atoms with Crippen LogP contribution in [0.3, 0.4) is 0 Å². The van der Waals surface area contributed by atoms with Gasteiger partial charge in [0.2, 0.25) is 5.91 Å². The van der Waals surface area contributed by atoms with E-state index in [0.29, 0.717) is 6.42 Å². The summed E-state index contributed by atoms with van der Waals surface area (Å²) < 4.78 is 41.6. The highest BCUT2D eigenvalue weighted by molar-refractivity contribution is 5.85. The van der Waals surface area contributed by atoms with Crippen molar-refractivity contribution in [1.82, 2.24) is 25.3 Å². The Labute approximate surface area is 131 Å². The standard InChI is InChI=1S/C14H18F3N5O/c1-21-6-7(5-18-21)8-3-2-4-9-10(8)19-13-20-12(23)11(22(9)13)14(15,16)17/h5-6,8-11,13,19H,2-4H2,1H3,(H,20,23). The highest BCUT2D eigenvalue weighted by atomic mass is 19.4. The second-order valence-corrected chi connectivity index (χ2v) is 6.55. The van der Waals surface area contributed by atoms with Crippen molar-refractivity contribution in [2.24, 2.45) is 7.05 Å². The van der Waals surface area contributed by atoms with E-state index in [1.807, 2.05) is 13.2 Å². The minimum absolute atomic E-state index is 0.108. The third-order valence-corrected chi connectivity index (χ3v) is 5.18. The summed E-state index contributed by atoms with van der Waals surface area (Å²) in [5.41, 5.74) is 1.03. The van der Waals surface area contributed by atoms with Crippen molar-refractivity contribution in [2.45, 2.75) is 55.8 Å². The Morgan fingerprint density at radius 3 is 2.78 bits per heavy atom. The summed E-state index contributed by atoms with van der Waals surface area (Å²) in [5.74, 6) is -0.851. The fourth-order valence-corrected chi connectivity index (χ4v) is 4.32. The van der Waals surface area contributed by atoms with E-state index in [2.05, 4.69) is 15.7 Å². The van der Waals surface area contributed by atoms with Gasteiger partial charge in [0.05, 0.1) is 6.20 Å². The number of aryl methyl sites for hydroxylation is 1. The molecule has 3 heterocycles. The second-order valence-electron chi connectivity index (χ2n) is 6.55. The van der Waals surface area contributed by atoms with E-state index < -0.39 is 24.4 Å². The molecule has 3 fully saturated rings. The number of alkyl halides is 3. The summed E-state index contributed by atoms with van der Waals surface area (Å²) in [5, 5.41) is 9.81. The van der Waals surface area contributed by atoms with Gasteiger partial charge in [0.25, 0.3) is 0 Å². The molecule has 4 rings (SSSR count). The number of nitrogens with zero attached hydrogens (tertiary/aromatic N) is 3. The van der Waals surface area contributed by atoms with Crippen LogP contribution in [0.2, 0.25) is 0 Å². The number of fused-ring (bicyclic) bond motifs is 3. The number of hydrogen-bond acceptors (Lipinski definition) is 4. The van der Waals surface area contributed by atoms with Crippen LogP contribution in [0.1, 0.15) is 30.7 Å². The van der Waals surface area contributed by atoms with E-state index in [-0.39, 0.29) is 18.0 Å². The van der Waals surface area contributed by atoms with Crippen molar-refractivity contribution >= 4 is 5.91 Å². The lowest BCUT2D eigenvalue weighted by Crippen LogP contribution is -2.52. The number of hydrogen-bond donors (Lipinski definition) is 2. The van der Waals surface area contributed by atoms with Gasteiger partial charge in [-0.1, -0.05) is 6.42 Å². The Balaban J connectivity index is 1.64. The largest absolute Gasteiger partial charge is 0.413 e. The first-order valence-electron chi connectivity index (χ1n) is 7.75. The predicted octanol–water partition coefficient (Wildman–Crippen LogP) is 0.674. The van der Waals surface area contributed by atoms with Crippen molar-refractivity contribution in [3.63, 3.8) is 0 Å². The average molecular weight is 329 g/mol. The van der Waals surface area contributed by atoms with Crippen LogP contribution in [0.5, 0.6) is 0 Å². The zero-order chi connectivity index (χ0) is 16.4. The Kier molecular flexibility index (Phi) is 3.21. The molecule has 9 heteroatoms. The number of rotatable bonds is 1. The fourth-order valence-electron chi connectivity index (χ4n) is 4.32. The lowest BCUT2D eigenvalue weighted by atomic mass is 9.78. The molecule has 1 saturated carbocycles. The molecule has 0 radical (unpaired) electrons. The molecule has 0 aromatic carbocycles. The SMILES string of the molecule is Cn1cc(C2CCCC3C2NC2NC(=O)C(C(F)(F)F)N23)cn1. The summed E-state index contributed by atoms with van der Waals surface area (Å²) in [7, 11) is 1.82. The van der Waals surface area contributed by atoms with E-state index in [4.69, 9.17) is 0 Å². The molecule has 126 valence electrons. The van der Waals surface area contributed by atoms with Crippen molar-refractivity contribution in [1.29, 1.82) is 0 Å². The molecule has 1 aromatic heterocycles. The Morgan fingerprint density at radius 2 is 2.13 bits per heavy atom. The van der Waals surface area contributed by atoms with Crippen molar-refractivity contribution < 1.29 is 18.0 Å². The van der Waals surface area contributed by atoms with E-state index in [1.54, 1.807) is 10.9 Å². The molecule has 5 atom stereocenters. The zero-order valence-corrected chi connectivity index (χ0v) is 12.5. The molecule has 3 aliphatic rings. The van der Waals surface area contributed by atoms with Crippen molar-refractivity contribution in [3.05, 3.63) is 18.0 Å². The number of aromatic nitrogens is 2. The maximum atomic E-state index is 13.3. The maximum absolute atomic E-state index is 13.3. The monoisotopic (exact) mass is 329 g/mol. The van der Waals surface area contributed by atoms with Gasteiger partial charge >= 0.3 is 6.18 Å². The first-order valence-corrected chi connectivity index (χ1v) is 7.75. The van der Waals surface area contributed by atoms with Gasteiger partial charge in [-0.15, -0.1) is 0 Å². The van der Waals surface area contributed by atoms with E-state index >= 15 is 0 Å². The number of nitrogens with one attached hydrogen (secondary N) is 2. The van der Waals surface area contributed by atoms with Crippen LogP contribution in [0.25, 0.3) is 0 Å². The van der Waals surface area contributed by atoms with Crippen LogP contribution < -0.4 is 10.6 Å². The van der Waals surface area contributed by atoms with Crippen LogP contribution in [0.4, 0.5) is 13.2 Å². The predicted molar refractivity (Wildman–Crippen MR) is 74.1 cm³/mol. The quantitative estimate of drug-likeness (QED) is 0.795. The minimum Gasteiger partial charge on any atom is -0.326 e. The molecular formula is C14H18F3N5O. The molecule has 0 spiro atoms. The number of halogens is 3. The molecule has 1 aliphatic carbocycles.